The highest BCUT2D eigenvalue weighted by molar-refractivity contribution is 5.34. The predicted octanol–water partition coefficient (Wildman–Crippen LogP) is 1.69. The molecule has 0 saturated heterocycles. The summed E-state index contributed by atoms with van der Waals surface area (Å²) in [6, 6.07) is 1.93. The van der Waals surface area contributed by atoms with Crippen LogP contribution in [0, 0.1) is 20.8 Å². The second-order valence-electron chi connectivity index (χ2n) is 4.10. The van der Waals surface area contributed by atoms with Gasteiger partial charge in [-0.3, -0.25) is 0 Å². The summed E-state index contributed by atoms with van der Waals surface area (Å²) in [6.45, 7) is 6.68. The third-order valence-electron chi connectivity index (χ3n) is 2.81. The fraction of sp³-hybridized carbons (Fsp3) is 0.417. The number of hydrogen-bond donors (Lipinski definition) is 1. The Bertz CT molecular complexity index is 530. The van der Waals surface area contributed by atoms with Crippen LogP contribution in [0.25, 0.3) is 0 Å². The standard InChI is InChI=1S/C12H17N5/c1-8-5-11(13-4)16-12(15-8)6-17-7-14-9(2)10(17)3/h5,7H,6H2,1-4H3,(H,13,15,16). The van der Waals surface area contributed by atoms with Gasteiger partial charge in [-0.2, -0.15) is 0 Å². The highest BCUT2D eigenvalue weighted by atomic mass is 15.1. The summed E-state index contributed by atoms with van der Waals surface area (Å²) in [5.74, 6) is 1.65. The molecule has 1 N–H and O–H groups in total. The van der Waals surface area contributed by atoms with Gasteiger partial charge < -0.3 is 9.88 Å². The van der Waals surface area contributed by atoms with Crippen LogP contribution >= 0.6 is 0 Å². The van der Waals surface area contributed by atoms with Crippen LogP contribution in [0.3, 0.4) is 0 Å². The molecule has 0 aliphatic heterocycles. The van der Waals surface area contributed by atoms with Gasteiger partial charge in [0.25, 0.3) is 0 Å². The van der Waals surface area contributed by atoms with Crippen molar-refractivity contribution in [3.63, 3.8) is 0 Å². The van der Waals surface area contributed by atoms with E-state index in [0.29, 0.717) is 6.54 Å². The lowest BCUT2D eigenvalue weighted by molar-refractivity contribution is 0.719. The zero-order valence-electron chi connectivity index (χ0n) is 10.7. The van der Waals surface area contributed by atoms with Crippen LogP contribution in [0.4, 0.5) is 5.82 Å². The van der Waals surface area contributed by atoms with E-state index in [1.807, 2.05) is 33.3 Å². The summed E-state index contributed by atoms with van der Waals surface area (Å²) in [5, 5.41) is 3.04. The van der Waals surface area contributed by atoms with Crippen LogP contribution in [-0.2, 0) is 6.54 Å². The molecule has 0 amide bonds. The maximum Gasteiger partial charge on any atom is 0.150 e. The Morgan fingerprint density at radius 2 is 2.00 bits per heavy atom. The molecule has 5 heteroatoms. The third-order valence-corrected chi connectivity index (χ3v) is 2.81. The Labute approximate surface area is 101 Å². The number of hydrogen-bond acceptors (Lipinski definition) is 4. The Morgan fingerprint density at radius 3 is 2.59 bits per heavy atom. The number of aromatic nitrogens is 4. The van der Waals surface area contributed by atoms with Gasteiger partial charge in [0.15, 0.2) is 5.82 Å². The van der Waals surface area contributed by atoms with Crippen LogP contribution in [-0.4, -0.2) is 26.6 Å². The van der Waals surface area contributed by atoms with Crippen molar-refractivity contribution >= 4 is 5.82 Å². The minimum Gasteiger partial charge on any atom is -0.373 e. The number of rotatable bonds is 3. The molecule has 2 rings (SSSR count). The second kappa shape index (κ2) is 4.53. The van der Waals surface area contributed by atoms with E-state index < -0.39 is 0 Å². The minimum atomic E-state index is 0.656. The van der Waals surface area contributed by atoms with Crippen LogP contribution in [0.15, 0.2) is 12.4 Å². The van der Waals surface area contributed by atoms with Crippen molar-refractivity contribution in [2.45, 2.75) is 27.3 Å². The maximum atomic E-state index is 4.43. The van der Waals surface area contributed by atoms with Crippen molar-refractivity contribution in [2.24, 2.45) is 0 Å². The first kappa shape index (κ1) is 11.6. The number of nitrogens with zero attached hydrogens (tertiary/aromatic N) is 4. The molecule has 0 aliphatic rings. The lowest BCUT2D eigenvalue weighted by Gasteiger charge is -2.07. The average Bonchev–Trinajstić information content (AvgIpc) is 2.60. The van der Waals surface area contributed by atoms with Crippen LogP contribution in [0.5, 0.6) is 0 Å². The van der Waals surface area contributed by atoms with E-state index in [1.165, 1.54) is 0 Å². The molecule has 5 nitrogen and oxygen atoms in total. The molecular formula is C12H17N5. The lowest BCUT2D eigenvalue weighted by atomic mass is 10.3. The molecule has 2 aromatic heterocycles. The van der Waals surface area contributed by atoms with Gasteiger partial charge in [0.05, 0.1) is 18.6 Å². The van der Waals surface area contributed by atoms with Crippen molar-refractivity contribution in [3.8, 4) is 0 Å². The van der Waals surface area contributed by atoms with E-state index in [1.54, 1.807) is 0 Å². The molecule has 90 valence electrons. The van der Waals surface area contributed by atoms with Crippen molar-refractivity contribution in [1.29, 1.82) is 0 Å². The van der Waals surface area contributed by atoms with Crippen molar-refractivity contribution in [2.75, 3.05) is 12.4 Å². The predicted molar refractivity (Wildman–Crippen MR) is 67.1 cm³/mol. The van der Waals surface area contributed by atoms with E-state index in [0.717, 1.165) is 28.7 Å². The molecule has 0 aliphatic carbocycles. The zero-order valence-corrected chi connectivity index (χ0v) is 10.7. The van der Waals surface area contributed by atoms with Gasteiger partial charge >= 0.3 is 0 Å². The summed E-state index contributed by atoms with van der Waals surface area (Å²) in [6.07, 6.45) is 1.83. The maximum absolute atomic E-state index is 4.43. The van der Waals surface area contributed by atoms with E-state index in [4.69, 9.17) is 0 Å². The quantitative estimate of drug-likeness (QED) is 0.873. The van der Waals surface area contributed by atoms with E-state index in [9.17, 15) is 0 Å². The third kappa shape index (κ3) is 2.43. The second-order valence-corrected chi connectivity index (χ2v) is 4.10. The number of aryl methyl sites for hydroxylation is 2. The molecule has 0 spiro atoms. The molecule has 17 heavy (non-hydrogen) atoms. The monoisotopic (exact) mass is 231 g/mol. The van der Waals surface area contributed by atoms with E-state index >= 15 is 0 Å². The van der Waals surface area contributed by atoms with E-state index in [2.05, 4.69) is 31.8 Å². The molecule has 0 bridgehead atoms. The number of nitrogens with one attached hydrogen (secondary N) is 1. The summed E-state index contributed by atoms with van der Waals surface area (Å²) in [4.78, 5) is 13.1. The van der Waals surface area contributed by atoms with Gasteiger partial charge in [0, 0.05) is 24.5 Å². The lowest BCUT2D eigenvalue weighted by Crippen LogP contribution is -2.07. The summed E-state index contributed by atoms with van der Waals surface area (Å²) in [5.41, 5.74) is 3.17. The first-order chi connectivity index (χ1) is 8.10. The van der Waals surface area contributed by atoms with Gasteiger partial charge in [-0.05, 0) is 20.8 Å². The van der Waals surface area contributed by atoms with Gasteiger partial charge in [-0.25, -0.2) is 15.0 Å². The Balaban J connectivity index is 2.29. The minimum absolute atomic E-state index is 0.656. The molecule has 0 saturated carbocycles. The molecule has 0 fully saturated rings. The number of anilines is 1. The number of imidazole rings is 1. The molecule has 2 aromatic rings. The molecule has 0 aromatic carbocycles. The highest BCUT2D eigenvalue weighted by Gasteiger charge is 2.06. The average molecular weight is 231 g/mol. The highest BCUT2D eigenvalue weighted by Crippen LogP contribution is 2.09. The first-order valence-corrected chi connectivity index (χ1v) is 5.61. The van der Waals surface area contributed by atoms with E-state index in [-0.39, 0.29) is 0 Å². The Hall–Kier alpha value is -1.91. The summed E-state index contributed by atoms with van der Waals surface area (Å²) in [7, 11) is 1.86. The fourth-order valence-corrected chi connectivity index (χ4v) is 1.68. The molecule has 0 atom stereocenters. The van der Waals surface area contributed by atoms with Crippen LogP contribution in [0.2, 0.25) is 0 Å². The van der Waals surface area contributed by atoms with Gasteiger partial charge in [0.2, 0.25) is 0 Å². The summed E-state index contributed by atoms with van der Waals surface area (Å²) < 4.78 is 2.06. The Kier molecular flexibility index (Phi) is 3.08. The fourth-order valence-electron chi connectivity index (χ4n) is 1.68. The van der Waals surface area contributed by atoms with Crippen molar-refractivity contribution in [1.82, 2.24) is 19.5 Å². The van der Waals surface area contributed by atoms with Gasteiger partial charge in [-0.15, -0.1) is 0 Å². The largest absolute Gasteiger partial charge is 0.373 e. The zero-order chi connectivity index (χ0) is 12.4. The smallest absolute Gasteiger partial charge is 0.150 e. The molecule has 0 unspecified atom stereocenters. The first-order valence-electron chi connectivity index (χ1n) is 5.61. The topological polar surface area (TPSA) is 55.6 Å². The van der Waals surface area contributed by atoms with Crippen LogP contribution in [0.1, 0.15) is 22.9 Å². The van der Waals surface area contributed by atoms with Gasteiger partial charge in [0.1, 0.15) is 5.82 Å². The Morgan fingerprint density at radius 1 is 1.24 bits per heavy atom. The summed E-state index contributed by atoms with van der Waals surface area (Å²) >= 11 is 0. The van der Waals surface area contributed by atoms with Crippen LogP contribution < -0.4 is 5.32 Å². The SMILES string of the molecule is CNc1cc(C)nc(Cn2cnc(C)c2C)n1. The van der Waals surface area contributed by atoms with Crippen molar-refractivity contribution in [3.05, 3.63) is 35.3 Å². The van der Waals surface area contributed by atoms with Crippen molar-refractivity contribution < 1.29 is 0 Å². The van der Waals surface area contributed by atoms with Gasteiger partial charge in [-0.1, -0.05) is 0 Å². The molecular weight excluding hydrogens is 214 g/mol. The normalized spacial score (nSPS) is 10.6. The molecule has 2 heterocycles. The molecule has 0 radical (unpaired) electrons.